The molecule has 0 saturated carbocycles. The fourth-order valence-electron chi connectivity index (χ4n) is 4.19. The number of carbonyl (C=O) groups is 2. The van der Waals surface area contributed by atoms with E-state index in [1.54, 1.807) is 34.1 Å². The van der Waals surface area contributed by atoms with E-state index in [-0.39, 0.29) is 18.4 Å². The number of hydrogen-bond acceptors (Lipinski definition) is 5. The van der Waals surface area contributed by atoms with E-state index in [0.717, 1.165) is 6.42 Å². The number of carbonyl (C=O) groups excluding carboxylic acids is 2. The van der Waals surface area contributed by atoms with Crippen molar-refractivity contribution in [1.82, 2.24) is 9.80 Å². The van der Waals surface area contributed by atoms with Crippen molar-refractivity contribution in [3.05, 3.63) is 35.4 Å². The zero-order chi connectivity index (χ0) is 20.1. The van der Waals surface area contributed by atoms with E-state index in [9.17, 15) is 19.8 Å². The molecule has 154 valence electrons. The number of aliphatic hydroxyl groups excluding tert-OH is 2. The Morgan fingerprint density at radius 1 is 1.07 bits per heavy atom. The second kappa shape index (κ2) is 9.03. The number of aliphatic hydroxyl groups is 2. The van der Waals surface area contributed by atoms with Crippen LogP contribution in [0.2, 0.25) is 0 Å². The largest absolute Gasteiger partial charge is 0.396 e. The van der Waals surface area contributed by atoms with Crippen LogP contribution in [0.25, 0.3) is 0 Å². The maximum absolute atomic E-state index is 12.9. The van der Waals surface area contributed by atoms with Gasteiger partial charge in [0.25, 0.3) is 11.8 Å². The van der Waals surface area contributed by atoms with Crippen LogP contribution in [-0.2, 0) is 4.74 Å². The summed E-state index contributed by atoms with van der Waals surface area (Å²) in [4.78, 5) is 28.9. The van der Waals surface area contributed by atoms with Crippen molar-refractivity contribution in [1.29, 1.82) is 0 Å². The van der Waals surface area contributed by atoms with Crippen molar-refractivity contribution in [3.63, 3.8) is 0 Å². The van der Waals surface area contributed by atoms with Gasteiger partial charge in [0.15, 0.2) is 0 Å². The Morgan fingerprint density at radius 3 is 2.18 bits per heavy atom. The van der Waals surface area contributed by atoms with E-state index in [4.69, 9.17) is 4.74 Å². The van der Waals surface area contributed by atoms with Crippen molar-refractivity contribution < 1.29 is 24.5 Å². The van der Waals surface area contributed by atoms with Crippen molar-refractivity contribution in [2.75, 3.05) is 46.0 Å². The molecule has 2 atom stereocenters. The first-order chi connectivity index (χ1) is 13.5. The Balaban J connectivity index is 1.69. The molecule has 2 heterocycles. The number of benzene rings is 1. The van der Waals surface area contributed by atoms with Crippen molar-refractivity contribution in [3.8, 4) is 0 Å². The number of likely N-dealkylation sites (tertiary alicyclic amines) is 1. The normalized spacial score (nSPS) is 25.6. The number of piperidine rings is 1. The lowest BCUT2D eigenvalue weighted by molar-refractivity contribution is -0.0720. The molecular formula is C21H30N2O5. The second-order valence-corrected chi connectivity index (χ2v) is 7.78. The summed E-state index contributed by atoms with van der Waals surface area (Å²) in [5.74, 6) is -0.183. The second-order valence-electron chi connectivity index (χ2n) is 7.78. The van der Waals surface area contributed by atoms with E-state index in [1.807, 2.05) is 6.92 Å². The van der Waals surface area contributed by atoms with Crippen LogP contribution in [0.4, 0.5) is 0 Å². The highest BCUT2D eigenvalue weighted by atomic mass is 16.5. The summed E-state index contributed by atoms with van der Waals surface area (Å²) in [5.41, 5.74) is 0.413. The van der Waals surface area contributed by atoms with E-state index in [1.165, 1.54) is 0 Å². The van der Waals surface area contributed by atoms with Gasteiger partial charge in [-0.3, -0.25) is 9.59 Å². The first-order valence-corrected chi connectivity index (χ1v) is 10.1. The van der Waals surface area contributed by atoms with Gasteiger partial charge in [0.1, 0.15) is 0 Å². The van der Waals surface area contributed by atoms with Crippen LogP contribution in [0.1, 0.15) is 46.9 Å². The number of nitrogens with zero attached hydrogens (tertiary/aromatic N) is 2. The zero-order valence-electron chi connectivity index (χ0n) is 16.5. The van der Waals surface area contributed by atoms with Crippen LogP contribution in [0.5, 0.6) is 0 Å². The summed E-state index contributed by atoms with van der Waals surface area (Å²) >= 11 is 0. The van der Waals surface area contributed by atoms with Crippen LogP contribution in [0, 0.1) is 5.41 Å². The van der Waals surface area contributed by atoms with Crippen molar-refractivity contribution in [2.45, 2.75) is 32.3 Å². The molecule has 3 rings (SSSR count). The summed E-state index contributed by atoms with van der Waals surface area (Å²) in [7, 11) is 0. The number of morpholine rings is 1. The van der Waals surface area contributed by atoms with Crippen LogP contribution >= 0.6 is 0 Å². The molecule has 0 aromatic heterocycles. The number of hydrogen-bond donors (Lipinski definition) is 2. The van der Waals surface area contributed by atoms with Gasteiger partial charge >= 0.3 is 0 Å². The number of ether oxygens (including phenoxy) is 1. The summed E-state index contributed by atoms with van der Waals surface area (Å²) in [6, 6.07) is 6.74. The molecule has 1 aromatic rings. The Morgan fingerprint density at radius 2 is 1.64 bits per heavy atom. The predicted octanol–water partition coefficient (Wildman–Crippen LogP) is 1.14. The third kappa shape index (κ3) is 4.21. The first kappa shape index (κ1) is 20.8. The number of amides is 2. The number of rotatable bonds is 5. The van der Waals surface area contributed by atoms with E-state index in [2.05, 4.69) is 0 Å². The van der Waals surface area contributed by atoms with Crippen LogP contribution in [0.15, 0.2) is 24.3 Å². The molecule has 28 heavy (non-hydrogen) atoms. The summed E-state index contributed by atoms with van der Waals surface area (Å²) < 4.78 is 5.27. The minimum atomic E-state index is -0.658. The van der Waals surface area contributed by atoms with Gasteiger partial charge in [0.05, 0.1) is 25.9 Å². The van der Waals surface area contributed by atoms with Crippen LogP contribution < -0.4 is 0 Å². The lowest BCUT2D eigenvalue weighted by atomic mass is 9.74. The Hall–Kier alpha value is -1.96. The molecule has 2 fully saturated rings. The van der Waals surface area contributed by atoms with Gasteiger partial charge in [-0.25, -0.2) is 0 Å². The van der Waals surface area contributed by atoms with Gasteiger partial charge in [-0.1, -0.05) is 13.3 Å². The van der Waals surface area contributed by atoms with Gasteiger partial charge < -0.3 is 24.7 Å². The Labute approximate surface area is 165 Å². The highest BCUT2D eigenvalue weighted by Crippen LogP contribution is 2.35. The lowest BCUT2D eigenvalue weighted by Gasteiger charge is -2.45. The average Bonchev–Trinajstić information content (AvgIpc) is 2.75. The monoisotopic (exact) mass is 390 g/mol. The molecule has 2 aliphatic rings. The molecule has 0 unspecified atom stereocenters. The molecule has 7 heteroatoms. The summed E-state index contributed by atoms with van der Waals surface area (Å²) in [6.45, 7) is 4.92. The van der Waals surface area contributed by atoms with Gasteiger partial charge in [0, 0.05) is 42.7 Å². The topological polar surface area (TPSA) is 90.3 Å². The van der Waals surface area contributed by atoms with E-state index >= 15 is 0 Å². The van der Waals surface area contributed by atoms with Gasteiger partial charge in [-0.15, -0.1) is 0 Å². The highest BCUT2D eigenvalue weighted by Gasteiger charge is 2.43. The highest BCUT2D eigenvalue weighted by molar-refractivity contribution is 5.98. The molecule has 2 amide bonds. The predicted molar refractivity (Wildman–Crippen MR) is 104 cm³/mol. The molecular weight excluding hydrogens is 360 g/mol. The first-order valence-electron chi connectivity index (χ1n) is 10.1. The molecule has 1 aromatic carbocycles. The Kier molecular flexibility index (Phi) is 6.69. The maximum atomic E-state index is 12.9. The van der Waals surface area contributed by atoms with Gasteiger partial charge in [-0.05, 0) is 37.1 Å². The molecule has 0 spiro atoms. The molecule has 0 bridgehead atoms. The fourth-order valence-corrected chi connectivity index (χ4v) is 4.19. The lowest BCUT2D eigenvalue weighted by Crippen LogP contribution is -2.55. The minimum absolute atomic E-state index is 0.0503. The molecule has 0 radical (unpaired) electrons. The smallest absolute Gasteiger partial charge is 0.254 e. The van der Waals surface area contributed by atoms with Crippen LogP contribution in [0.3, 0.4) is 0 Å². The summed E-state index contributed by atoms with van der Waals surface area (Å²) in [5, 5.41) is 20.3. The third-order valence-corrected chi connectivity index (χ3v) is 5.91. The fraction of sp³-hybridized carbons (Fsp3) is 0.619. The van der Waals surface area contributed by atoms with Gasteiger partial charge in [-0.2, -0.15) is 0 Å². The van der Waals surface area contributed by atoms with Crippen molar-refractivity contribution in [2.24, 2.45) is 5.41 Å². The van der Waals surface area contributed by atoms with E-state index < -0.39 is 11.5 Å². The van der Waals surface area contributed by atoms with E-state index in [0.29, 0.717) is 63.4 Å². The van der Waals surface area contributed by atoms with Crippen LogP contribution in [-0.4, -0.2) is 83.9 Å². The molecule has 7 nitrogen and oxygen atoms in total. The third-order valence-electron chi connectivity index (χ3n) is 5.91. The molecule has 0 aliphatic carbocycles. The van der Waals surface area contributed by atoms with Crippen molar-refractivity contribution >= 4 is 11.8 Å². The Bertz CT molecular complexity index is 687. The quantitative estimate of drug-likeness (QED) is 0.787. The SMILES string of the molecule is CCC[C@@]1(CO)CN(C(=O)c2ccc(C(=O)N3CCOCC3)cc2)CC[C@H]1O. The maximum Gasteiger partial charge on any atom is 0.254 e. The van der Waals surface area contributed by atoms with Gasteiger partial charge in [0.2, 0.25) is 0 Å². The zero-order valence-corrected chi connectivity index (χ0v) is 16.5. The minimum Gasteiger partial charge on any atom is -0.396 e. The average molecular weight is 390 g/mol. The standard InChI is InChI=1S/C21H30N2O5/c1-2-8-21(15-24)14-23(9-7-18(21)25)20(27)17-5-3-16(4-6-17)19(26)22-10-12-28-13-11-22/h3-6,18,24-25H,2,7-15H2,1H3/t18-,21+/m1/s1. The molecule has 2 saturated heterocycles. The molecule has 2 aliphatic heterocycles. The molecule has 2 N–H and O–H groups in total. The summed E-state index contributed by atoms with van der Waals surface area (Å²) in [6.07, 6.45) is 1.36.